The van der Waals surface area contributed by atoms with Crippen molar-refractivity contribution in [2.45, 2.75) is 154 Å². The Labute approximate surface area is 410 Å². The van der Waals surface area contributed by atoms with Gasteiger partial charge in [-0.1, -0.05) is 39.8 Å². The SMILES string of the molecule is CC(C)C[C@H](NC(=O)CNC(=O)[C@H](CC(C)C)NC(=O)[C@@H](N)CC(=O)O)C(=O)N[C@@H](C)C(=O)N[C@@H](Cc1ccc(O)cc1)C(=O)N[C@H](C(=O)N[C@@H](CCC(=O)O)C(=O)N[C@@H](CCCCN)C(=O)O)[C@@H](C)O. The third-order valence-corrected chi connectivity index (χ3v) is 10.5. The van der Waals surface area contributed by atoms with Gasteiger partial charge < -0.3 is 79.5 Å². The smallest absolute Gasteiger partial charge is 0.326 e. The topological polar surface area (TPSA) is 437 Å². The van der Waals surface area contributed by atoms with E-state index in [1.165, 1.54) is 31.2 Å². The number of rotatable bonds is 33. The Hall–Kier alpha value is -6.93. The van der Waals surface area contributed by atoms with Crippen molar-refractivity contribution in [3.05, 3.63) is 29.8 Å². The van der Waals surface area contributed by atoms with E-state index in [1.807, 2.05) is 0 Å². The number of carboxylic acids is 3. The van der Waals surface area contributed by atoms with E-state index in [-0.39, 0.29) is 49.8 Å². The van der Waals surface area contributed by atoms with Crippen LogP contribution >= 0.6 is 0 Å². The molecule has 26 nitrogen and oxygen atoms in total. The van der Waals surface area contributed by atoms with E-state index >= 15 is 0 Å². The Morgan fingerprint density at radius 2 is 1.08 bits per heavy atom. The highest BCUT2D eigenvalue weighted by Gasteiger charge is 2.35. The number of hydrogen-bond acceptors (Lipinski definition) is 15. The number of phenolic OH excluding ortho intramolecular Hbond substituents is 1. The maximum Gasteiger partial charge on any atom is 0.326 e. The Morgan fingerprint density at radius 3 is 1.61 bits per heavy atom. The number of carboxylic acid groups (broad SMARTS) is 3. The summed E-state index contributed by atoms with van der Waals surface area (Å²) in [7, 11) is 0. The number of phenols is 1. The number of amides is 8. The molecule has 0 spiro atoms. The average Bonchev–Trinajstić information content (AvgIpc) is 3.27. The highest BCUT2D eigenvalue weighted by Crippen LogP contribution is 2.13. The quantitative estimate of drug-likeness (QED) is 0.0309. The molecule has 0 aromatic heterocycles. The molecule has 0 bridgehead atoms. The van der Waals surface area contributed by atoms with Gasteiger partial charge in [0.05, 0.1) is 25.1 Å². The van der Waals surface area contributed by atoms with E-state index in [0.29, 0.717) is 18.4 Å². The van der Waals surface area contributed by atoms with E-state index in [1.54, 1.807) is 27.7 Å². The Balaban J connectivity index is 3.28. The maximum atomic E-state index is 14.0. The van der Waals surface area contributed by atoms with Crippen LogP contribution in [0, 0.1) is 11.8 Å². The van der Waals surface area contributed by atoms with Crippen molar-refractivity contribution in [2.24, 2.45) is 23.3 Å². The number of nitrogens with two attached hydrogens (primary N) is 2. The van der Waals surface area contributed by atoms with Crippen LogP contribution in [0.1, 0.15) is 98.5 Å². The van der Waals surface area contributed by atoms with E-state index in [9.17, 15) is 73.2 Å². The maximum absolute atomic E-state index is 14.0. The molecule has 0 heterocycles. The second-order valence-electron chi connectivity index (χ2n) is 17.9. The lowest BCUT2D eigenvalue weighted by molar-refractivity contribution is -0.143. The highest BCUT2D eigenvalue weighted by molar-refractivity contribution is 5.98. The average molecular weight is 1010 g/mol. The van der Waals surface area contributed by atoms with Crippen LogP contribution in [-0.4, -0.2) is 158 Å². The highest BCUT2D eigenvalue weighted by atomic mass is 16.4. The fourth-order valence-electron chi connectivity index (χ4n) is 6.73. The molecule has 398 valence electrons. The lowest BCUT2D eigenvalue weighted by atomic mass is 10.0. The molecule has 1 rings (SSSR count). The molecule has 17 N–H and O–H groups in total. The van der Waals surface area contributed by atoms with Crippen LogP contribution < -0.4 is 54.0 Å². The number of hydrogen-bond donors (Lipinski definition) is 15. The summed E-state index contributed by atoms with van der Waals surface area (Å²) in [6, 6.07) is -6.28. The largest absolute Gasteiger partial charge is 0.508 e. The number of benzene rings is 1. The van der Waals surface area contributed by atoms with Crippen LogP contribution in [0.15, 0.2) is 24.3 Å². The summed E-state index contributed by atoms with van der Waals surface area (Å²) in [6.07, 6.45) is -2.91. The van der Waals surface area contributed by atoms with Gasteiger partial charge in [0, 0.05) is 12.8 Å². The first kappa shape index (κ1) is 62.1. The van der Waals surface area contributed by atoms with Crippen LogP contribution in [0.25, 0.3) is 0 Å². The van der Waals surface area contributed by atoms with Gasteiger partial charge in [-0.15, -0.1) is 0 Å². The number of aromatic hydroxyl groups is 1. The van der Waals surface area contributed by atoms with Gasteiger partial charge in [0.25, 0.3) is 0 Å². The molecular formula is C45H72N10O16. The summed E-state index contributed by atoms with van der Waals surface area (Å²) < 4.78 is 0. The zero-order chi connectivity index (χ0) is 54.1. The first-order valence-corrected chi connectivity index (χ1v) is 23.1. The summed E-state index contributed by atoms with van der Waals surface area (Å²) >= 11 is 0. The van der Waals surface area contributed by atoms with Crippen LogP contribution in [0.2, 0.25) is 0 Å². The number of nitrogens with one attached hydrogen (secondary N) is 8. The van der Waals surface area contributed by atoms with Gasteiger partial charge in [0.2, 0.25) is 47.3 Å². The fraction of sp³-hybridized carbons (Fsp3) is 0.622. The number of aliphatic hydroxyl groups is 1. The zero-order valence-electron chi connectivity index (χ0n) is 40.8. The summed E-state index contributed by atoms with van der Waals surface area (Å²) in [4.78, 5) is 141. The number of carbonyl (C=O) groups excluding carboxylic acids is 8. The molecule has 0 unspecified atom stereocenters. The predicted molar refractivity (Wildman–Crippen MR) is 252 cm³/mol. The molecule has 9 atom stereocenters. The van der Waals surface area contributed by atoms with Crippen LogP contribution in [0.5, 0.6) is 5.75 Å². The molecule has 8 amide bonds. The van der Waals surface area contributed by atoms with Crippen molar-refractivity contribution < 1.29 is 78.3 Å². The third-order valence-electron chi connectivity index (χ3n) is 10.5. The molecule has 1 aromatic rings. The number of aliphatic carboxylic acids is 3. The van der Waals surface area contributed by atoms with Gasteiger partial charge in [-0.3, -0.25) is 47.9 Å². The van der Waals surface area contributed by atoms with Crippen molar-refractivity contribution >= 4 is 65.2 Å². The van der Waals surface area contributed by atoms with Gasteiger partial charge in [0.1, 0.15) is 48.0 Å². The van der Waals surface area contributed by atoms with E-state index < -0.39 is 145 Å². The van der Waals surface area contributed by atoms with Gasteiger partial charge in [0.15, 0.2) is 0 Å². The molecule has 0 aliphatic heterocycles. The van der Waals surface area contributed by atoms with Gasteiger partial charge in [-0.05, 0) is 88.4 Å². The number of unbranched alkanes of at least 4 members (excludes halogenated alkanes) is 1. The van der Waals surface area contributed by atoms with Gasteiger partial charge in [-0.2, -0.15) is 0 Å². The zero-order valence-corrected chi connectivity index (χ0v) is 40.8. The lowest BCUT2D eigenvalue weighted by Crippen LogP contribution is -2.61. The van der Waals surface area contributed by atoms with E-state index in [4.69, 9.17) is 16.6 Å². The van der Waals surface area contributed by atoms with Crippen LogP contribution in [0.3, 0.4) is 0 Å². The van der Waals surface area contributed by atoms with Crippen LogP contribution in [-0.2, 0) is 59.2 Å². The van der Waals surface area contributed by atoms with E-state index in [0.717, 1.165) is 6.92 Å². The van der Waals surface area contributed by atoms with Gasteiger partial charge >= 0.3 is 17.9 Å². The van der Waals surface area contributed by atoms with E-state index in [2.05, 4.69) is 42.5 Å². The van der Waals surface area contributed by atoms with Crippen molar-refractivity contribution in [1.29, 1.82) is 0 Å². The summed E-state index contributed by atoms with van der Waals surface area (Å²) in [6.45, 7) is 9.01. The minimum absolute atomic E-state index is 0.0297. The molecule has 0 saturated carbocycles. The third kappa shape index (κ3) is 24.5. The minimum atomic E-state index is -1.84. The van der Waals surface area contributed by atoms with Gasteiger partial charge in [-0.25, -0.2) is 4.79 Å². The molecule has 1 aromatic carbocycles. The van der Waals surface area contributed by atoms with Crippen molar-refractivity contribution in [3.63, 3.8) is 0 Å². The lowest BCUT2D eigenvalue weighted by Gasteiger charge is -2.28. The predicted octanol–water partition coefficient (Wildman–Crippen LogP) is -3.18. The number of aliphatic hydroxyl groups excluding tert-OH is 1. The fourth-order valence-corrected chi connectivity index (χ4v) is 6.73. The van der Waals surface area contributed by atoms with Crippen molar-refractivity contribution in [3.8, 4) is 5.75 Å². The molecule has 0 radical (unpaired) electrons. The molecular weight excluding hydrogens is 937 g/mol. The summed E-state index contributed by atoms with van der Waals surface area (Å²) in [5.41, 5.74) is 11.5. The second-order valence-corrected chi connectivity index (χ2v) is 17.9. The van der Waals surface area contributed by atoms with Crippen molar-refractivity contribution in [2.75, 3.05) is 13.1 Å². The molecule has 0 aliphatic carbocycles. The first-order valence-electron chi connectivity index (χ1n) is 23.1. The van der Waals surface area contributed by atoms with Crippen LogP contribution in [0.4, 0.5) is 0 Å². The summed E-state index contributed by atoms with van der Waals surface area (Å²) in [5.74, 6) is -12.1. The minimum Gasteiger partial charge on any atom is -0.508 e. The Bertz CT molecular complexity index is 2000. The normalized spacial score (nSPS) is 14.9. The summed E-state index contributed by atoms with van der Waals surface area (Å²) in [5, 5.41) is 67.5. The molecule has 71 heavy (non-hydrogen) atoms. The molecule has 0 aliphatic rings. The molecule has 0 fully saturated rings. The van der Waals surface area contributed by atoms with Crippen molar-refractivity contribution in [1.82, 2.24) is 42.5 Å². The second kappa shape index (κ2) is 31.3. The first-order chi connectivity index (χ1) is 33.1. The molecule has 0 saturated heterocycles. The molecule has 26 heteroatoms. The monoisotopic (exact) mass is 1010 g/mol. The number of carbonyl (C=O) groups is 11. The standard InChI is InChI=1S/C45H72N10O16/c1-22(2)17-31(54-39(64)28(47)20-36(61)62)40(65)48-21-34(58)50-32(18-23(3)4)42(67)49-24(5)38(63)53-33(19-26-10-12-27(57)13-11-26)43(68)55-37(25(6)56)44(69)51-29(14-15-35(59)60)41(66)52-30(45(70)71)9-7-8-16-46/h10-13,22-25,28-33,37,56-57H,7-9,14-21,46-47H2,1-6H3,(H,48,65)(H,49,67)(H,50,58)(H,51,69)(H,52,66)(H,53,63)(H,54,64)(H,55,68)(H,59,60)(H,61,62)(H,70,71)/t24-,25+,28-,29-,30-,31-,32-,33-,37-/m0/s1. The Kier molecular flexibility index (Phi) is 27.4. The Morgan fingerprint density at radius 1 is 0.563 bits per heavy atom.